The van der Waals surface area contributed by atoms with Crippen LogP contribution in [0.25, 0.3) is 10.9 Å². The summed E-state index contributed by atoms with van der Waals surface area (Å²) >= 11 is 12.2. The van der Waals surface area contributed by atoms with Crippen molar-refractivity contribution in [2.24, 2.45) is 5.84 Å². The Morgan fingerprint density at radius 2 is 2.06 bits per heavy atom. The molecule has 0 unspecified atom stereocenters. The molecule has 1 aromatic carbocycles. The zero-order valence-electron chi connectivity index (χ0n) is 9.64. The van der Waals surface area contributed by atoms with E-state index in [0.29, 0.717) is 10.0 Å². The summed E-state index contributed by atoms with van der Waals surface area (Å²) in [6.07, 6.45) is 0.846. The lowest BCUT2D eigenvalue weighted by atomic mass is 10.0. The molecule has 2 aromatic rings. The van der Waals surface area contributed by atoms with Crippen LogP contribution in [0.1, 0.15) is 18.2 Å². The second-order valence-corrected chi connectivity index (χ2v) is 4.68. The molecule has 90 valence electrons. The van der Waals surface area contributed by atoms with Crippen LogP contribution in [0.2, 0.25) is 10.0 Å². The van der Waals surface area contributed by atoms with Crippen LogP contribution in [0.15, 0.2) is 12.1 Å². The van der Waals surface area contributed by atoms with E-state index >= 15 is 0 Å². The van der Waals surface area contributed by atoms with Crippen molar-refractivity contribution in [2.75, 3.05) is 5.43 Å². The van der Waals surface area contributed by atoms with Crippen molar-refractivity contribution in [1.29, 1.82) is 0 Å². The maximum atomic E-state index is 6.14. The van der Waals surface area contributed by atoms with E-state index in [-0.39, 0.29) is 0 Å². The van der Waals surface area contributed by atoms with E-state index in [1.165, 1.54) is 0 Å². The SMILES string of the molecule is CCc1c(C)nc2c(Cl)cc(Cl)cc2c1NN. The van der Waals surface area contributed by atoms with E-state index in [4.69, 9.17) is 29.0 Å². The van der Waals surface area contributed by atoms with Gasteiger partial charge in [0.1, 0.15) is 0 Å². The molecule has 0 aliphatic heterocycles. The van der Waals surface area contributed by atoms with Gasteiger partial charge in [0.15, 0.2) is 0 Å². The van der Waals surface area contributed by atoms with E-state index in [2.05, 4.69) is 17.3 Å². The first-order valence-corrected chi connectivity index (χ1v) is 6.09. The maximum Gasteiger partial charge on any atom is 0.0913 e. The van der Waals surface area contributed by atoms with Gasteiger partial charge in [-0.1, -0.05) is 30.1 Å². The van der Waals surface area contributed by atoms with Gasteiger partial charge in [0.05, 0.1) is 16.2 Å². The fourth-order valence-corrected chi connectivity index (χ4v) is 2.58. The smallest absolute Gasteiger partial charge is 0.0913 e. The molecule has 0 atom stereocenters. The molecule has 0 amide bonds. The van der Waals surface area contributed by atoms with Crippen LogP contribution in [0.5, 0.6) is 0 Å². The Bertz CT molecular complexity index is 582. The molecule has 0 aliphatic rings. The lowest BCUT2D eigenvalue weighted by molar-refractivity contribution is 1.06. The highest BCUT2D eigenvalue weighted by Gasteiger charge is 2.13. The van der Waals surface area contributed by atoms with Crippen LogP contribution in [-0.2, 0) is 6.42 Å². The average molecular weight is 270 g/mol. The van der Waals surface area contributed by atoms with Gasteiger partial charge in [0, 0.05) is 16.1 Å². The van der Waals surface area contributed by atoms with Crippen molar-refractivity contribution in [3.63, 3.8) is 0 Å². The molecular formula is C12H13Cl2N3. The van der Waals surface area contributed by atoms with Crippen LogP contribution in [-0.4, -0.2) is 4.98 Å². The fourth-order valence-electron chi connectivity index (χ4n) is 2.05. The first kappa shape index (κ1) is 12.4. The average Bonchev–Trinajstić information content (AvgIpc) is 2.28. The molecule has 2 rings (SSSR count). The number of pyridine rings is 1. The summed E-state index contributed by atoms with van der Waals surface area (Å²) in [5, 5.41) is 1.97. The van der Waals surface area contributed by atoms with Crippen LogP contribution < -0.4 is 11.3 Å². The Hall–Kier alpha value is -1.03. The van der Waals surface area contributed by atoms with E-state index in [0.717, 1.165) is 34.3 Å². The molecule has 3 nitrogen and oxygen atoms in total. The first-order chi connectivity index (χ1) is 8.08. The molecule has 17 heavy (non-hydrogen) atoms. The van der Waals surface area contributed by atoms with Crippen molar-refractivity contribution in [3.05, 3.63) is 33.4 Å². The molecule has 0 spiro atoms. The Kier molecular flexibility index (Phi) is 3.43. The molecule has 1 heterocycles. The minimum atomic E-state index is 0.537. The third kappa shape index (κ3) is 2.06. The largest absolute Gasteiger partial charge is 0.323 e. The van der Waals surface area contributed by atoms with Crippen LogP contribution in [0, 0.1) is 6.92 Å². The Labute approximate surface area is 110 Å². The highest BCUT2D eigenvalue weighted by molar-refractivity contribution is 6.38. The molecule has 0 bridgehead atoms. The summed E-state index contributed by atoms with van der Waals surface area (Å²) < 4.78 is 0. The van der Waals surface area contributed by atoms with Gasteiger partial charge in [-0.15, -0.1) is 0 Å². The Balaban J connectivity index is 2.93. The number of benzene rings is 1. The number of rotatable bonds is 2. The van der Waals surface area contributed by atoms with Crippen molar-refractivity contribution in [3.8, 4) is 0 Å². The van der Waals surface area contributed by atoms with E-state index < -0.39 is 0 Å². The van der Waals surface area contributed by atoms with Gasteiger partial charge < -0.3 is 5.43 Å². The highest BCUT2D eigenvalue weighted by atomic mass is 35.5. The number of hydrogen-bond donors (Lipinski definition) is 2. The summed E-state index contributed by atoms with van der Waals surface area (Å²) in [7, 11) is 0. The summed E-state index contributed by atoms with van der Waals surface area (Å²) in [6, 6.07) is 3.51. The first-order valence-electron chi connectivity index (χ1n) is 5.33. The number of nitrogens with two attached hydrogens (primary N) is 1. The van der Waals surface area contributed by atoms with Gasteiger partial charge in [-0.25, -0.2) is 0 Å². The second-order valence-electron chi connectivity index (χ2n) is 3.83. The molecule has 5 heteroatoms. The van der Waals surface area contributed by atoms with Crippen molar-refractivity contribution < 1.29 is 0 Å². The van der Waals surface area contributed by atoms with Gasteiger partial charge in [0.25, 0.3) is 0 Å². The number of halogens is 2. The van der Waals surface area contributed by atoms with Crippen molar-refractivity contribution in [2.45, 2.75) is 20.3 Å². The Morgan fingerprint density at radius 3 is 2.65 bits per heavy atom. The van der Waals surface area contributed by atoms with Crippen LogP contribution >= 0.6 is 23.2 Å². The molecule has 0 saturated carbocycles. The summed E-state index contributed by atoms with van der Waals surface area (Å²) in [5.41, 5.74) is 6.30. The number of anilines is 1. The molecule has 1 aromatic heterocycles. The van der Waals surface area contributed by atoms with E-state index in [1.54, 1.807) is 6.07 Å². The molecule has 0 aliphatic carbocycles. The number of fused-ring (bicyclic) bond motifs is 1. The minimum absolute atomic E-state index is 0.537. The van der Waals surface area contributed by atoms with Gasteiger partial charge in [0.2, 0.25) is 0 Å². The molecular weight excluding hydrogens is 257 g/mol. The quantitative estimate of drug-likeness (QED) is 0.646. The third-order valence-electron chi connectivity index (χ3n) is 2.81. The van der Waals surface area contributed by atoms with Gasteiger partial charge in [-0.2, -0.15) is 0 Å². The monoisotopic (exact) mass is 269 g/mol. The van der Waals surface area contributed by atoms with Gasteiger partial charge in [-0.3, -0.25) is 10.8 Å². The zero-order valence-corrected chi connectivity index (χ0v) is 11.2. The van der Waals surface area contributed by atoms with Crippen LogP contribution in [0.4, 0.5) is 5.69 Å². The normalized spacial score (nSPS) is 10.9. The van der Waals surface area contributed by atoms with E-state index in [1.807, 2.05) is 13.0 Å². The number of aryl methyl sites for hydroxylation is 1. The number of aromatic nitrogens is 1. The molecule has 3 N–H and O–H groups in total. The number of nitrogens with zero attached hydrogens (tertiary/aromatic N) is 1. The fraction of sp³-hybridized carbons (Fsp3) is 0.250. The summed E-state index contributed by atoms with van der Waals surface area (Å²) in [4.78, 5) is 4.51. The standard InChI is InChI=1S/C12H13Cl2N3/c1-3-8-6(2)16-12-9(11(8)17-15)4-7(13)5-10(12)14/h4-5H,3,15H2,1-2H3,(H,16,17). The number of hydrogen-bond acceptors (Lipinski definition) is 3. The number of nitrogen functional groups attached to an aromatic ring is 1. The zero-order chi connectivity index (χ0) is 12.6. The van der Waals surface area contributed by atoms with Gasteiger partial charge in [-0.05, 0) is 31.0 Å². The van der Waals surface area contributed by atoms with E-state index in [9.17, 15) is 0 Å². The minimum Gasteiger partial charge on any atom is -0.323 e. The Morgan fingerprint density at radius 1 is 1.35 bits per heavy atom. The lowest BCUT2D eigenvalue weighted by Gasteiger charge is -2.14. The van der Waals surface area contributed by atoms with Crippen LogP contribution in [0.3, 0.4) is 0 Å². The molecule has 0 radical (unpaired) electrons. The second kappa shape index (κ2) is 4.69. The highest BCUT2D eigenvalue weighted by Crippen LogP contribution is 2.34. The number of nitrogens with one attached hydrogen (secondary N) is 1. The van der Waals surface area contributed by atoms with Gasteiger partial charge >= 0.3 is 0 Å². The predicted molar refractivity (Wildman–Crippen MR) is 73.7 cm³/mol. The molecule has 0 saturated heterocycles. The predicted octanol–water partition coefficient (Wildman–Crippen LogP) is 3.70. The van der Waals surface area contributed by atoms with Crippen molar-refractivity contribution >= 4 is 39.8 Å². The third-order valence-corrected chi connectivity index (χ3v) is 3.32. The maximum absolute atomic E-state index is 6.14. The summed E-state index contributed by atoms with van der Waals surface area (Å²) in [5.74, 6) is 5.60. The summed E-state index contributed by atoms with van der Waals surface area (Å²) in [6.45, 7) is 4.01. The van der Waals surface area contributed by atoms with Crippen molar-refractivity contribution in [1.82, 2.24) is 4.98 Å². The lowest BCUT2D eigenvalue weighted by Crippen LogP contribution is -2.11. The number of hydrazine groups is 1. The molecule has 0 fully saturated rings. The topological polar surface area (TPSA) is 50.9 Å².